The highest BCUT2D eigenvalue weighted by Gasteiger charge is 2.27. The van der Waals surface area contributed by atoms with E-state index in [2.05, 4.69) is 73.2 Å². The summed E-state index contributed by atoms with van der Waals surface area (Å²) in [5, 5.41) is 3.83. The molecule has 254 valence electrons. The van der Waals surface area contributed by atoms with E-state index in [0.717, 1.165) is 55.1 Å². The monoisotopic (exact) mass is 667 g/mol. The summed E-state index contributed by atoms with van der Waals surface area (Å²) < 4.78 is 23.9. The Morgan fingerprint density at radius 2 is 1.81 bits per heavy atom. The first-order chi connectivity index (χ1) is 22.8. The second-order valence-corrected chi connectivity index (χ2v) is 20.7. The van der Waals surface area contributed by atoms with Crippen LogP contribution in [0.3, 0.4) is 0 Å². The first-order valence-corrected chi connectivity index (χ1v) is 20.8. The van der Waals surface area contributed by atoms with Crippen LogP contribution >= 0.6 is 0 Å². The normalized spacial score (nSPS) is 14.6. The molecule has 0 radical (unpaired) electrons. The molecule has 1 amide bonds. The maximum Gasteiger partial charge on any atom is 0.251 e. The van der Waals surface area contributed by atoms with Gasteiger partial charge in [0.25, 0.3) is 5.91 Å². The predicted octanol–water partition coefficient (Wildman–Crippen LogP) is 7.98. The first-order valence-electron chi connectivity index (χ1n) is 17.0. The number of nitrogens with zero attached hydrogens (tertiary/aromatic N) is 4. The molecule has 3 heterocycles. The third-order valence-electron chi connectivity index (χ3n) is 9.20. The summed E-state index contributed by atoms with van der Waals surface area (Å²) in [6.07, 6.45) is 5.74. The number of likely N-dealkylation sites (tertiary alicyclic amines) is 1. The van der Waals surface area contributed by atoms with Gasteiger partial charge in [-0.2, -0.15) is 0 Å². The molecule has 0 saturated carbocycles. The number of aromatic nitrogens is 3. The Morgan fingerprint density at radius 1 is 1.08 bits per heavy atom. The van der Waals surface area contributed by atoms with E-state index in [1.54, 1.807) is 12.4 Å². The van der Waals surface area contributed by atoms with Crippen LogP contribution in [0.1, 0.15) is 73.5 Å². The molecule has 0 bridgehead atoms. The van der Waals surface area contributed by atoms with Gasteiger partial charge < -0.3 is 14.6 Å². The number of carbonyl (C=O) groups is 1. The van der Waals surface area contributed by atoms with Crippen LogP contribution in [0.4, 0.5) is 4.39 Å². The van der Waals surface area contributed by atoms with E-state index in [1.807, 2.05) is 37.3 Å². The van der Waals surface area contributed by atoms with E-state index in [1.165, 1.54) is 11.6 Å². The Kier molecular flexibility index (Phi) is 11.2. The van der Waals surface area contributed by atoms with Crippen molar-refractivity contribution in [2.75, 3.05) is 26.2 Å². The van der Waals surface area contributed by atoms with Gasteiger partial charge >= 0.3 is 0 Å². The van der Waals surface area contributed by atoms with Gasteiger partial charge in [0.05, 0.1) is 12.2 Å². The molecule has 4 aromatic rings. The molecule has 5 rings (SSSR count). The molecule has 48 heavy (non-hydrogen) atoms. The van der Waals surface area contributed by atoms with Crippen molar-refractivity contribution < 1.29 is 13.9 Å². The molecule has 1 aliphatic rings. The van der Waals surface area contributed by atoms with Crippen LogP contribution in [-0.2, 0) is 23.4 Å². The number of hydrogen-bond donors (Lipinski definition) is 1. The van der Waals surface area contributed by atoms with E-state index < -0.39 is 8.07 Å². The molecule has 9 heteroatoms. The summed E-state index contributed by atoms with van der Waals surface area (Å²) in [7, 11) is -1.22. The average molecular weight is 668 g/mol. The molecule has 0 aliphatic carbocycles. The Hall–Kier alpha value is -3.84. The summed E-state index contributed by atoms with van der Waals surface area (Å²) in [4.78, 5) is 24.7. The predicted molar refractivity (Wildman–Crippen MR) is 195 cm³/mol. The molecule has 1 fully saturated rings. The average Bonchev–Trinajstić information content (AvgIpc) is 3.43. The van der Waals surface area contributed by atoms with E-state index in [0.29, 0.717) is 41.6 Å². The van der Waals surface area contributed by atoms with Crippen molar-refractivity contribution >= 4 is 25.0 Å². The lowest BCUT2D eigenvalue weighted by Gasteiger charge is -2.30. The number of amides is 1. The summed E-state index contributed by atoms with van der Waals surface area (Å²) in [6, 6.07) is 13.8. The highest BCUT2D eigenvalue weighted by atomic mass is 28.3. The summed E-state index contributed by atoms with van der Waals surface area (Å²) >= 11 is 0. The van der Waals surface area contributed by atoms with Crippen LogP contribution in [0.5, 0.6) is 0 Å². The smallest absolute Gasteiger partial charge is 0.251 e. The molecule has 0 atom stereocenters. The van der Waals surface area contributed by atoms with E-state index in [-0.39, 0.29) is 23.7 Å². The molecule has 1 aliphatic heterocycles. The van der Waals surface area contributed by atoms with Gasteiger partial charge in [-0.05, 0) is 79.6 Å². The highest BCUT2D eigenvalue weighted by molar-refractivity contribution is 6.76. The summed E-state index contributed by atoms with van der Waals surface area (Å²) in [5.41, 5.74) is 5.50. The Morgan fingerprint density at radius 3 is 2.46 bits per heavy atom. The molecule has 2 aromatic heterocycles. The molecular weight excluding hydrogens is 618 g/mol. The Labute approximate surface area is 286 Å². The molecule has 1 saturated heterocycles. The zero-order chi connectivity index (χ0) is 34.5. The van der Waals surface area contributed by atoms with Gasteiger partial charge in [-0.3, -0.25) is 9.69 Å². The Balaban J connectivity index is 1.38. The Bertz CT molecular complexity index is 1790. The second kappa shape index (κ2) is 15.1. The van der Waals surface area contributed by atoms with Crippen LogP contribution in [-0.4, -0.2) is 59.7 Å². The minimum absolute atomic E-state index is 0.00112. The van der Waals surface area contributed by atoms with Crippen molar-refractivity contribution in [3.05, 3.63) is 83.1 Å². The lowest BCUT2D eigenvalue weighted by atomic mass is 9.87. The zero-order valence-corrected chi connectivity index (χ0v) is 30.6. The van der Waals surface area contributed by atoms with Crippen molar-refractivity contribution in [2.24, 2.45) is 0 Å². The number of carbonyl (C=O) groups excluding carboxylic acids is 1. The van der Waals surface area contributed by atoms with Gasteiger partial charge in [-0.1, -0.05) is 70.6 Å². The minimum Gasteiger partial charge on any atom is -0.361 e. The number of fused-ring (bicyclic) bond motifs is 1. The van der Waals surface area contributed by atoms with Crippen molar-refractivity contribution in [2.45, 2.75) is 90.8 Å². The van der Waals surface area contributed by atoms with Crippen molar-refractivity contribution in [3.63, 3.8) is 0 Å². The van der Waals surface area contributed by atoms with E-state index >= 15 is 4.39 Å². The first kappa shape index (κ1) is 35.5. The lowest BCUT2D eigenvalue weighted by molar-refractivity contribution is 0.0897. The SMILES string of the molecule is CC#CCN1CCC(c2cn(COCC[Si](C)(C)C)c3ncnc(-c4ccc(CNC(=O)c5ccc(C(C)(C)C)cc5)c(F)c4)c23)CC1. The van der Waals surface area contributed by atoms with Crippen LogP contribution in [0.15, 0.2) is 55.0 Å². The van der Waals surface area contributed by atoms with Gasteiger partial charge in [0.1, 0.15) is 24.5 Å². The number of piperidine rings is 1. The third kappa shape index (κ3) is 8.79. The van der Waals surface area contributed by atoms with Crippen molar-refractivity contribution in [3.8, 4) is 23.1 Å². The van der Waals surface area contributed by atoms with Gasteiger partial charge in [0.2, 0.25) is 0 Å². The molecular formula is C39H50FN5O2Si. The van der Waals surface area contributed by atoms with Crippen LogP contribution < -0.4 is 5.32 Å². The fourth-order valence-corrected chi connectivity index (χ4v) is 6.91. The maximum atomic E-state index is 15.6. The van der Waals surface area contributed by atoms with Gasteiger partial charge in [0.15, 0.2) is 0 Å². The number of rotatable bonds is 11. The van der Waals surface area contributed by atoms with Crippen LogP contribution in [0, 0.1) is 17.7 Å². The molecule has 1 N–H and O–H groups in total. The van der Waals surface area contributed by atoms with Gasteiger partial charge in [-0.25, -0.2) is 14.4 Å². The number of halogens is 1. The lowest BCUT2D eigenvalue weighted by Crippen LogP contribution is -2.33. The number of hydrogen-bond acceptors (Lipinski definition) is 5. The zero-order valence-electron chi connectivity index (χ0n) is 29.6. The maximum absolute atomic E-state index is 15.6. The molecule has 7 nitrogen and oxygen atoms in total. The van der Waals surface area contributed by atoms with Crippen molar-refractivity contribution in [1.29, 1.82) is 0 Å². The second-order valence-electron chi connectivity index (χ2n) is 15.1. The largest absolute Gasteiger partial charge is 0.361 e. The third-order valence-corrected chi connectivity index (χ3v) is 10.9. The molecule has 0 unspecified atom stereocenters. The number of benzene rings is 2. The van der Waals surface area contributed by atoms with E-state index in [9.17, 15) is 4.79 Å². The van der Waals surface area contributed by atoms with Gasteiger partial charge in [0, 0.05) is 49.5 Å². The highest BCUT2D eigenvalue weighted by Crippen LogP contribution is 2.38. The standard InChI is InChI=1S/C39H50FN5O2Si/c1-8-9-18-44-19-16-28(17-20-44)33-25-45(27-47-21-22-48(5,6)7)37-35(33)36(42-26-43-37)30-10-11-31(34(40)23-30)24-41-38(46)29-12-14-32(15-13-29)39(2,3)4/h10-15,23,25-26,28H,16-22,24,27H2,1-7H3,(H,41,46). The summed E-state index contributed by atoms with van der Waals surface area (Å²) in [6.45, 7) is 19.3. The van der Waals surface area contributed by atoms with Crippen molar-refractivity contribution in [1.82, 2.24) is 24.8 Å². The number of nitrogens with one attached hydrogen (secondary N) is 1. The summed E-state index contributed by atoms with van der Waals surface area (Å²) in [5.74, 6) is 5.90. The van der Waals surface area contributed by atoms with Crippen LogP contribution in [0.2, 0.25) is 25.7 Å². The molecule has 2 aromatic carbocycles. The number of ether oxygens (including phenoxy) is 1. The quantitative estimate of drug-likeness (QED) is 0.0998. The minimum atomic E-state index is -1.22. The topological polar surface area (TPSA) is 72.3 Å². The fourth-order valence-electron chi connectivity index (χ4n) is 6.15. The van der Waals surface area contributed by atoms with Gasteiger partial charge in [-0.15, -0.1) is 5.92 Å². The fraction of sp³-hybridized carbons (Fsp3) is 0.462. The molecule has 0 spiro atoms. The van der Waals surface area contributed by atoms with E-state index in [4.69, 9.17) is 14.7 Å². The van der Waals surface area contributed by atoms with Crippen LogP contribution in [0.25, 0.3) is 22.3 Å².